The molecule has 0 bridgehead atoms. The molecule has 0 unspecified atom stereocenters. The normalized spacial score (nSPS) is 11.5. The smallest absolute Gasteiger partial charge is 0.417 e. The summed E-state index contributed by atoms with van der Waals surface area (Å²) in [6.07, 6.45) is -3.77. The molecule has 0 heterocycles. The molecule has 2 nitrogen and oxygen atoms in total. The van der Waals surface area contributed by atoms with Crippen LogP contribution in [0, 0.1) is 0 Å². The number of benzene rings is 1. The molecule has 17 heavy (non-hydrogen) atoms. The minimum absolute atomic E-state index is 0.539. The van der Waals surface area contributed by atoms with Crippen molar-refractivity contribution in [3.63, 3.8) is 0 Å². The summed E-state index contributed by atoms with van der Waals surface area (Å²) in [4.78, 5) is 11.3. The van der Waals surface area contributed by atoms with Gasteiger partial charge in [-0.2, -0.15) is 13.2 Å². The van der Waals surface area contributed by atoms with Crippen molar-refractivity contribution < 1.29 is 23.1 Å². The lowest BCUT2D eigenvalue weighted by molar-refractivity contribution is -0.138. The minimum atomic E-state index is -4.64. The number of hydrogen-bond donors (Lipinski definition) is 1. The van der Waals surface area contributed by atoms with Crippen molar-refractivity contribution in [2.75, 3.05) is 5.75 Å². The van der Waals surface area contributed by atoms with Gasteiger partial charge in [0.1, 0.15) is 0 Å². The van der Waals surface area contributed by atoms with E-state index in [0.717, 1.165) is 24.3 Å². The fourth-order valence-corrected chi connectivity index (χ4v) is 2.06. The number of carboxylic acid groups (broad SMARTS) is 1. The molecule has 0 saturated heterocycles. The molecule has 0 radical (unpaired) electrons. The van der Waals surface area contributed by atoms with Crippen LogP contribution in [0.1, 0.15) is 29.3 Å². The number of hydrogen-bond acceptors (Lipinski definition) is 2. The maximum absolute atomic E-state index is 12.5. The maximum atomic E-state index is 12.5. The van der Waals surface area contributed by atoms with E-state index in [1.54, 1.807) is 0 Å². The highest BCUT2D eigenvalue weighted by atomic mass is 32.2. The molecule has 0 saturated carbocycles. The third kappa shape index (κ3) is 3.66. The Kier molecular flexibility index (Phi) is 4.45. The molecule has 0 spiro atoms. The molecule has 0 amide bonds. The summed E-state index contributed by atoms with van der Waals surface area (Å²) in [6.45, 7) is 1.94. The summed E-state index contributed by atoms with van der Waals surface area (Å²) in [5.41, 5.74) is -1.80. The van der Waals surface area contributed by atoms with E-state index in [4.69, 9.17) is 5.11 Å². The molecule has 1 rings (SSSR count). The van der Waals surface area contributed by atoms with Crippen molar-refractivity contribution in [3.05, 3.63) is 29.3 Å². The number of aromatic carboxylic acids is 1. The van der Waals surface area contributed by atoms with Gasteiger partial charge < -0.3 is 5.11 Å². The quantitative estimate of drug-likeness (QED) is 0.838. The predicted molar refractivity (Wildman–Crippen MR) is 59.4 cm³/mol. The largest absolute Gasteiger partial charge is 0.478 e. The summed E-state index contributed by atoms with van der Waals surface area (Å²) < 4.78 is 37.6. The van der Waals surface area contributed by atoms with Gasteiger partial charge >= 0.3 is 12.1 Å². The summed E-state index contributed by atoms with van der Waals surface area (Å²) in [6, 6.07) is 3.20. The second-order valence-electron chi connectivity index (χ2n) is 3.36. The Morgan fingerprint density at radius 2 is 2.06 bits per heavy atom. The first kappa shape index (κ1) is 13.9. The molecule has 0 aliphatic heterocycles. The Morgan fingerprint density at radius 3 is 2.53 bits per heavy atom. The van der Waals surface area contributed by atoms with Crippen LogP contribution >= 0.6 is 11.8 Å². The van der Waals surface area contributed by atoms with Gasteiger partial charge in [-0.1, -0.05) is 6.92 Å². The zero-order chi connectivity index (χ0) is 13.1. The van der Waals surface area contributed by atoms with Gasteiger partial charge in [-0.25, -0.2) is 4.79 Å². The molecule has 0 atom stereocenters. The van der Waals surface area contributed by atoms with Crippen molar-refractivity contribution in [1.82, 2.24) is 0 Å². The summed E-state index contributed by atoms with van der Waals surface area (Å²) in [5.74, 6) is -0.819. The first-order chi connectivity index (χ1) is 7.86. The van der Waals surface area contributed by atoms with Gasteiger partial charge in [0.25, 0.3) is 0 Å². The van der Waals surface area contributed by atoms with Gasteiger partial charge in [0.05, 0.1) is 11.1 Å². The lowest BCUT2D eigenvalue weighted by Gasteiger charge is -2.11. The van der Waals surface area contributed by atoms with Crippen LogP contribution in [-0.2, 0) is 6.18 Å². The molecular weight excluding hydrogens is 253 g/mol. The second kappa shape index (κ2) is 5.44. The van der Waals surface area contributed by atoms with E-state index in [9.17, 15) is 18.0 Å². The number of rotatable bonds is 4. The molecule has 0 aliphatic rings. The third-order valence-electron chi connectivity index (χ3n) is 2.00. The van der Waals surface area contributed by atoms with Crippen molar-refractivity contribution >= 4 is 17.7 Å². The van der Waals surface area contributed by atoms with Gasteiger partial charge in [0.2, 0.25) is 0 Å². The van der Waals surface area contributed by atoms with E-state index < -0.39 is 23.3 Å². The summed E-state index contributed by atoms with van der Waals surface area (Å²) in [5, 5.41) is 8.77. The maximum Gasteiger partial charge on any atom is 0.417 e. The Hall–Kier alpha value is -1.17. The summed E-state index contributed by atoms with van der Waals surface area (Å²) in [7, 11) is 0. The highest BCUT2D eigenvalue weighted by Crippen LogP contribution is 2.34. The highest BCUT2D eigenvalue weighted by molar-refractivity contribution is 7.99. The Bertz CT molecular complexity index is 416. The number of halogens is 3. The van der Waals surface area contributed by atoms with Crippen LogP contribution in [0.5, 0.6) is 0 Å². The minimum Gasteiger partial charge on any atom is -0.478 e. The van der Waals surface area contributed by atoms with Crippen LogP contribution in [0.2, 0.25) is 0 Å². The van der Waals surface area contributed by atoms with Crippen LogP contribution in [0.15, 0.2) is 23.1 Å². The van der Waals surface area contributed by atoms with Crippen molar-refractivity contribution in [1.29, 1.82) is 0 Å². The van der Waals surface area contributed by atoms with E-state index >= 15 is 0 Å². The van der Waals surface area contributed by atoms with Crippen LogP contribution in [-0.4, -0.2) is 16.8 Å². The molecule has 94 valence electrons. The first-order valence-electron chi connectivity index (χ1n) is 4.93. The van der Waals surface area contributed by atoms with Gasteiger partial charge in [-0.05, 0) is 30.4 Å². The molecule has 1 N–H and O–H groups in total. The highest BCUT2D eigenvalue weighted by Gasteiger charge is 2.35. The van der Waals surface area contributed by atoms with E-state index in [2.05, 4.69) is 0 Å². The molecular formula is C11H11F3O2S. The monoisotopic (exact) mass is 264 g/mol. The van der Waals surface area contributed by atoms with Gasteiger partial charge in [0.15, 0.2) is 0 Å². The van der Waals surface area contributed by atoms with Gasteiger partial charge in [-0.3, -0.25) is 0 Å². The lowest BCUT2D eigenvalue weighted by Crippen LogP contribution is -2.12. The Labute approximate surface area is 101 Å². The van der Waals surface area contributed by atoms with Crippen LogP contribution in [0.4, 0.5) is 13.2 Å². The van der Waals surface area contributed by atoms with E-state index in [0.29, 0.717) is 4.90 Å². The standard InChI is InChI=1S/C11H11F3O2S/c1-2-5-17-7-3-4-9(11(12,13)14)8(6-7)10(15)16/h3-4,6H,2,5H2,1H3,(H,15,16). The van der Waals surface area contributed by atoms with Crippen LogP contribution in [0.25, 0.3) is 0 Å². The van der Waals surface area contributed by atoms with Crippen molar-refractivity contribution in [3.8, 4) is 0 Å². The number of alkyl halides is 3. The second-order valence-corrected chi connectivity index (χ2v) is 4.53. The first-order valence-corrected chi connectivity index (χ1v) is 5.92. The van der Waals surface area contributed by atoms with Crippen LogP contribution in [0.3, 0.4) is 0 Å². The third-order valence-corrected chi connectivity index (χ3v) is 3.20. The predicted octanol–water partition coefficient (Wildman–Crippen LogP) is 3.91. The fourth-order valence-electron chi connectivity index (χ4n) is 1.26. The summed E-state index contributed by atoms with van der Waals surface area (Å²) >= 11 is 1.34. The van der Waals surface area contributed by atoms with Gasteiger partial charge in [0, 0.05) is 4.90 Å². The number of thioether (sulfide) groups is 1. The number of carbonyl (C=O) groups is 1. The zero-order valence-corrected chi connectivity index (χ0v) is 9.86. The van der Waals surface area contributed by atoms with Gasteiger partial charge in [-0.15, -0.1) is 11.8 Å². The van der Waals surface area contributed by atoms with Crippen LogP contribution < -0.4 is 0 Å². The number of carboxylic acids is 1. The average molecular weight is 264 g/mol. The van der Waals surface area contributed by atoms with E-state index in [-0.39, 0.29) is 0 Å². The van der Waals surface area contributed by atoms with E-state index in [1.807, 2.05) is 6.92 Å². The van der Waals surface area contributed by atoms with Crippen molar-refractivity contribution in [2.45, 2.75) is 24.4 Å². The molecule has 6 heteroatoms. The molecule has 1 aromatic rings. The SMILES string of the molecule is CCCSc1ccc(C(F)(F)F)c(C(=O)O)c1. The molecule has 0 fully saturated rings. The molecule has 0 aromatic heterocycles. The Morgan fingerprint density at radius 1 is 1.41 bits per heavy atom. The Balaban J connectivity index is 3.13. The zero-order valence-electron chi connectivity index (χ0n) is 9.04. The fraction of sp³-hybridized carbons (Fsp3) is 0.364. The molecule has 1 aromatic carbocycles. The molecule has 0 aliphatic carbocycles. The topological polar surface area (TPSA) is 37.3 Å². The van der Waals surface area contributed by atoms with E-state index in [1.165, 1.54) is 17.8 Å². The average Bonchev–Trinajstić information content (AvgIpc) is 2.24. The van der Waals surface area contributed by atoms with Crippen molar-refractivity contribution in [2.24, 2.45) is 0 Å². The lowest BCUT2D eigenvalue weighted by atomic mass is 10.1.